The summed E-state index contributed by atoms with van der Waals surface area (Å²) in [5, 5.41) is 3.11. The van der Waals surface area contributed by atoms with E-state index in [-0.39, 0.29) is 23.5 Å². The Kier molecular flexibility index (Phi) is 4.38. The molecule has 2 fully saturated rings. The number of carbonyl (C=O) groups is 1. The van der Waals surface area contributed by atoms with E-state index in [1.54, 1.807) is 13.1 Å². The van der Waals surface area contributed by atoms with E-state index in [2.05, 4.69) is 20.2 Å². The normalized spacial score (nSPS) is 23.8. The van der Waals surface area contributed by atoms with Gasteiger partial charge in [-0.05, 0) is 12.5 Å². The molecule has 1 aromatic heterocycles. The molecule has 126 valence electrons. The summed E-state index contributed by atoms with van der Waals surface area (Å²) < 4.78 is 23.0. The molecule has 0 saturated carbocycles. The fourth-order valence-electron chi connectivity index (χ4n) is 2.94. The summed E-state index contributed by atoms with van der Waals surface area (Å²) in [5.74, 6) is 1.71. The lowest BCUT2D eigenvalue weighted by Crippen LogP contribution is -2.48. The number of carbonyl (C=O) groups excluding carboxylic acids is 1. The molecule has 0 aromatic carbocycles. The van der Waals surface area contributed by atoms with E-state index in [1.165, 1.54) is 0 Å². The maximum atomic E-state index is 11.5. The zero-order valence-electron chi connectivity index (χ0n) is 13.1. The molecular formula is C14H21N5O3S. The third kappa shape index (κ3) is 3.90. The van der Waals surface area contributed by atoms with Gasteiger partial charge in [0.05, 0.1) is 11.5 Å². The molecule has 2 aliphatic rings. The second kappa shape index (κ2) is 6.31. The SMILES string of the molecule is CC(=O)N1CCN(c2ccnc(NC3CCS(=O)(=O)C3)n2)CC1. The number of nitrogens with one attached hydrogen (secondary N) is 1. The minimum Gasteiger partial charge on any atom is -0.353 e. The molecule has 1 amide bonds. The predicted molar refractivity (Wildman–Crippen MR) is 87.2 cm³/mol. The molecule has 1 aromatic rings. The van der Waals surface area contributed by atoms with E-state index in [4.69, 9.17) is 0 Å². The molecule has 2 aliphatic heterocycles. The second-order valence-corrected chi connectivity index (χ2v) is 8.20. The number of aromatic nitrogens is 2. The van der Waals surface area contributed by atoms with Crippen LogP contribution in [0.15, 0.2) is 12.3 Å². The van der Waals surface area contributed by atoms with Crippen LogP contribution in [0.1, 0.15) is 13.3 Å². The van der Waals surface area contributed by atoms with Gasteiger partial charge in [-0.25, -0.2) is 13.4 Å². The van der Waals surface area contributed by atoms with Gasteiger partial charge in [0.25, 0.3) is 0 Å². The first-order chi connectivity index (χ1) is 10.9. The van der Waals surface area contributed by atoms with Crippen molar-refractivity contribution < 1.29 is 13.2 Å². The van der Waals surface area contributed by atoms with Gasteiger partial charge in [0, 0.05) is 45.3 Å². The fraction of sp³-hybridized carbons (Fsp3) is 0.643. The first kappa shape index (κ1) is 16.0. The highest BCUT2D eigenvalue weighted by Crippen LogP contribution is 2.18. The van der Waals surface area contributed by atoms with Gasteiger partial charge in [-0.2, -0.15) is 4.98 Å². The highest BCUT2D eigenvalue weighted by molar-refractivity contribution is 7.91. The average molecular weight is 339 g/mol. The van der Waals surface area contributed by atoms with Crippen molar-refractivity contribution >= 4 is 27.5 Å². The predicted octanol–water partition coefficient (Wildman–Crippen LogP) is -0.256. The van der Waals surface area contributed by atoms with Gasteiger partial charge in [-0.15, -0.1) is 0 Å². The number of anilines is 2. The molecule has 9 heteroatoms. The molecule has 0 spiro atoms. The molecule has 2 saturated heterocycles. The lowest BCUT2D eigenvalue weighted by atomic mass is 10.3. The lowest BCUT2D eigenvalue weighted by molar-refractivity contribution is -0.129. The van der Waals surface area contributed by atoms with E-state index in [9.17, 15) is 13.2 Å². The zero-order chi connectivity index (χ0) is 16.4. The van der Waals surface area contributed by atoms with Crippen LogP contribution < -0.4 is 10.2 Å². The Morgan fingerprint density at radius 1 is 1.30 bits per heavy atom. The van der Waals surface area contributed by atoms with Crippen LogP contribution >= 0.6 is 0 Å². The standard InChI is InChI=1S/C14H21N5O3S/c1-11(20)18-5-7-19(8-6-18)13-2-4-15-14(17-13)16-12-3-9-23(21,22)10-12/h2,4,12H,3,5-10H2,1H3,(H,15,16,17). The molecule has 1 N–H and O–H groups in total. The Morgan fingerprint density at radius 2 is 2.04 bits per heavy atom. The molecule has 23 heavy (non-hydrogen) atoms. The molecule has 0 aliphatic carbocycles. The number of hydrogen-bond donors (Lipinski definition) is 1. The topological polar surface area (TPSA) is 95.5 Å². The number of rotatable bonds is 3. The number of hydrogen-bond acceptors (Lipinski definition) is 7. The number of sulfone groups is 1. The highest BCUT2D eigenvalue weighted by Gasteiger charge is 2.28. The van der Waals surface area contributed by atoms with Crippen molar-refractivity contribution in [1.82, 2.24) is 14.9 Å². The number of nitrogens with zero attached hydrogens (tertiary/aromatic N) is 4. The molecular weight excluding hydrogens is 318 g/mol. The van der Waals surface area contributed by atoms with Crippen LogP contribution in [0, 0.1) is 0 Å². The monoisotopic (exact) mass is 339 g/mol. The van der Waals surface area contributed by atoms with Crippen molar-refractivity contribution in [1.29, 1.82) is 0 Å². The van der Waals surface area contributed by atoms with Crippen LogP contribution in [0.2, 0.25) is 0 Å². The maximum absolute atomic E-state index is 11.5. The molecule has 3 heterocycles. The Balaban J connectivity index is 1.63. The van der Waals surface area contributed by atoms with Gasteiger partial charge in [0.15, 0.2) is 9.84 Å². The van der Waals surface area contributed by atoms with E-state index in [1.807, 2.05) is 11.0 Å². The van der Waals surface area contributed by atoms with Gasteiger partial charge in [-0.1, -0.05) is 0 Å². The van der Waals surface area contributed by atoms with E-state index >= 15 is 0 Å². The summed E-state index contributed by atoms with van der Waals surface area (Å²) in [6.07, 6.45) is 2.26. The smallest absolute Gasteiger partial charge is 0.224 e. The number of piperazine rings is 1. The molecule has 3 rings (SSSR count). The van der Waals surface area contributed by atoms with Gasteiger partial charge < -0.3 is 15.1 Å². The van der Waals surface area contributed by atoms with Crippen molar-refractivity contribution in [3.05, 3.63) is 12.3 Å². The van der Waals surface area contributed by atoms with Crippen molar-refractivity contribution in [2.75, 3.05) is 47.9 Å². The summed E-state index contributed by atoms with van der Waals surface area (Å²) in [6.45, 7) is 4.41. The average Bonchev–Trinajstić information content (AvgIpc) is 2.86. The minimum atomic E-state index is -2.93. The van der Waals surface area contributed by atoms with Crippen LogP contribution in [0.25, 0.3) is 0 Å². The van der Waals surface area contributed by atoms with Crippen LogP contribution in [-0.2, 0) is 14.6 Å². The third-order valence-electron chi connectivity index (χ3n) is 4.26. The largest absolute Gasteiger partial charge is 0.353 e. The molecule has 8 nitrogen and oxygen atoms in total. The van der Waals surface area contributed by atoms with E-state index in [0.29, 0.717) is 25.5 Å². The van der Waals surface area contributed by atoms with Crippen LogP contribution in [-0.4, -0.2) is 72.9 Å². The van der Waals surface area contributed by atoms with Crippen molar-refractivity contribution in [2.45, 2.75) is 19.4 Å². The number of amides is 1. The van der Waals surface area contributed by atoms with Crippen LogP contribution in [0.3, 0.4) is 0 Å². The molecule has 1 unspecified atom stereocenters. The van der Waals surface area contributed by atoms with Crippen LogP contribution in [0.4, 0.5) is 11.8 Å². The highest BCUT2D eigenvalue weighted by atomic mass is 32.2. The molecule has 0 radical (unpaired) electrons. The van der Waals surface area contributed by atoms with Gasteiger partial charge >= 0.3 is 0 Å². The summed E-state index contributed by atoms with van der Waals surface area (Å²) in [6, 6.07) is 1.71. The summed E-state index contributed by atoms with van der Waals surface area (Å²) in [7, 11) is -2.93. The summed E-state index contributed by atoms with van der Waals surface area (Å²) >= 11 is 0. The van der Waals surface area contributed by atoms with Gasteiger partial charge in [0.1, 0.15) is 5.82 Å². The van der Waals surface area contributed by atoms with Crippen LogP contribution in [0.5, 0.6) is 0 Å². The third-order valence-corrected chi connectivity index (χ3v) is 6.02. The van der Waals surface area contributed by atoms with Crippen molar-refractivity contribution in [2.24, 2.45) is 0 Å². The Hall–Kier alpha value is -1.90. The fourth-order valence-corrected chi connectivity index (χ4v) is 4.61. The Bertz CT molecular complexity index is 685. The minimum absolute atomic E-state index is 0.0946. The van der Waals surface area contributed by atoms with Gasteiger partial charge in [0.2, 0.25) is 11.9 Å². The zero-order valence-corrected chi connectivity index (χ0v) is 13.9. The first-order valence-corrected chi connectivity index (χ1v) is 9.55. The Labute approximate surface area is 135 Å². The van der Waals surface area contributed by atoms with E-state index < -0.39 is 9.84 Å². The lowest BCUT2D eigenvalue weighted by Gasteiger charge is -2.34. The van der Waals surface area contributed by atoms with Crippen molar-refractivity contribution in [3.63, 3.8) is 0 Å². The van der Waals surface area contributed by atoms with Gasteiger partial charge in [-0.3, -0.25) is 4.79 Å². The molecule has 1 atom stereocenters. The quantitative estimate of drug-likeness (QED) is 0.811. The van der Waals surface area contributed by atoms with Crippen molar-refractivity contribution in [3.8, 4) is 0 Å². The second-order valence-electron chi connectivity index (χ2n) is 5.98. The summed E-state index contributed by atoms with van der Waals surface area (Å²) in [4.78, 5) is 24.0. The van der Waals surface area contributed by atoms with E-state index in [0.717, 1.165) is 18.9 Å². The first-order valence-electron chi connectivity index (χ1n) is 7.73. The summed E-state index contributed by atoms with van der Waals surface area (Å²) in [5.41, 5.74) is 0. The maximum Gasteiger partial charge on any atom is 0.224 e. The molecule has 0 bridgehead atoms. The Morgan fingerprint density at radius 3 is 2.65 bits per heavy atom.